The summed E-state index contributed by atoms with van der Waals surface area (Å²) in [5.74, 6) is -2.85. The molecule has 5 rings (SSSR count). The van der Waals surface area contributed by atoms with E-state index < -0.39 is 17.8 Å². The Morgan fingerprint density at radius 2 is 1.52 bits per heavy atom. The van der Waals surface area contributed by atoms with Crippen molar-refractivity contribution in [2.75, 3.05) is 13.1 Å². The van der Waals surface area contributed by atoms with Crippen LogP contribution in [0.3, 0.4) is 0 Å². The summed E-state index contributed by atoms with van der Waals surface area (Å²) in [6, 6.07) is 6.48. The molecule has 1 fully saturated rings. The highest BCUT2D eigenvalue weighted by molar-refractivity contribution is 6.21. The van der Waals surface area contributed by atoms with Gasteiger partial charge >= 0.3 is 5.97 Å². The lowest BCUT2D eigenvalue weighted by atomic mass is 9.76. The molecule has 174 valence electrons. The van der Waals surface area contributed by atoms with Crippen LogP contribution >= 0.6 is 0 Å². The lowest BCUT2D eigenvalue weighted by Gasteiger charge is -2.44. The second-order valence-electron chi connectivity index (χ2n) is 9.74. The summed E-state index contributed by atoms with van der Waals surface area (Å²) in [5, 5.41) is 9.73. The van der Waals surface area contributed by atoms with Gasteiger partial charge in [-0.25, -0.2) is 0 Å². The van der Waals surface area contributed by atoms with Crippen molar-refractivity contribution in [1.82, 2.24) is 9.80 Å². The number of hydrogen-bond acceptors (Lipinski definition) is 4. The quantitative estimate of drug-likeness (QED) is 0.558. The maximum atomic E-state index is 13.8. The smallest absolute Gasteiger partial charge is 0.307 e. The number of amides is 3. The number of rotatable bonds is 4. The molecule has 1 aromatic carbocycles. The number of hydrogen-bond donors (Lipinski definition) is 1. The van der Waals surface area contributed by atoms with E-state index >= 15 is 0 Å². The average Bonchev–Trinajstić information content (AvgIpc) is 3.08. The van der Waals surface area contributed by atoms with E-state index in [0.29, 0.717) is 30.5 Å². The van der Waals surface area contributed by atoms with Crippen LogP contribution in [0.2, 0.25) is 0 Å². The molecule has 1 N–H and O–H groups in total. The summed E-state index contributed by atoms with van der Waals surface area (Å²) < 4.78 is 0. The zero-order valence-electron chi connectivity index (χ0n) is 18.8. The molecule has 3 atom stereocenters. The molecule has 0 spiro atoms. The van der Waals surface area contributed by atoms with Gasteiger partial charge in [0.1, 0.15) is 0 Å². The summed E-state index contributed by atoms with van der Waals surface area (Å²) in [6.07, 6.45) is 7.59. The number of imide groups is 1. The molecule has 4 aliphatic rings. The minimum absolute atomic E-state index is 0.124. The van der Waals surface area contributed by atoms with Gasteiger partial charge in [0.2, 0.25) is 5.91 Å². The van der Waals surface area contributed by atoms with Crippen LogP contribution < -0.4 is 0 Å². The zero-order chi connectivity index (χ0) is 23.1. The van der Waals surface area contributed by atoms with Gasteiger partial charge in [-0.05, 0) is 62.7 Å². The van der Waals surface area contributed by atoms with E-state index in [1.165, 1.54) is 16.0 Å². The SMILES string of the molecule is O=C(O)[C@H]1CCCC[C@H]1C(=O)N1CCC2=C(CCCC2)C1CN1C(=O)c2ccccc2C1=O. The predicted octanol–water partition coefficient (Wildman–Crippen LogP) is 3.65. The molecule has 7 nitrogen and oxygen atoms in total. The number of carbonyl (C=O) groups excluding carboxylic acids is 3. The van der Waals surface area contributed by atoms with Crippen molar-refractivity contribution in [3.05, 3.63) is 46.5 Å². The Balaban J connectivity index is 1.46. The highest BCUT2D eigenvalue weighted by atomic mass is 16.4. The third-order valence-electron chi connectivity index (χ3n) is 7.98. The van der Waals surface area contributed by atoms with E-state index in [4.69, 9.17) is 0 Å². The van der Waals surface area contributed by atoms with Crippen LogP contribution in [0.15, 0.2) is 35.4 Å². The van der Waals surface area contributed by atoms with Crippen LogP contribution in [0.4, 0.5) is 0 Å². The fraction of sp³-hybridized carbons (Fsp3) is 0.538. The second kappa shape index (κ2) is 8.76. The first-order chi connectivity index (χ1) is 16.0. The molecule has 2 aliphatic carbocycles. The maximum Gasteiger partial charge on any atom is 0.307 e. The number of carboxylic acids is 1. The standard InChI is InChI=1S/C26H30N2O5/c29-23(20-11-5-6-12-21(20)26(32)33)27-14-13-16-7-1-2-8-17(16)22(27)15-28-24(30)18-9-3-4-10-19(18)25(28)31/h3-4,9-10,20-22H,1-2,5-8,11-15H2,(H,32,33)/t20-,21+,22?/m1/s1. The number of fused-ring (bicyclic) bond motifs is 1. The summed E-state index contributed by atoms with van der Waals surface area (Å²) in [7, 11) is 0. The lowest BCUT2D eigenvalue weighted by Crippen LogP contribution is -2.55. The minimum atomic E-state index is -0.903. The molecule has 0 saturated heterocycles. The van der Waals surface area contributed by atoms with Crippen molar-refractivity contribution in [1.29, 1.82) is 0 Å². The molecule has 0 radical (unpaired) electrons. The Bertz CT molecular complexity index is 1010. The van der Waals surface area contributed by atoms with E-state index in [1.54, 1.807) is 29.2 Å². The number of nitrogens with zero attached hydrogens (tertiary/aromatic N) is 2. The van der Waals surface area contributed by atoms with E-state index in [2.05, 4.69) is 0 Å². The summed E-state index contributed by atoms with van der Waals surface area (Å²) >= 11 is 0. The van der Waals surface area contributed by atoms with Gasteiger partial charge in [0, 0.05) is 6.54 Å². The van der Waals surface area contributed by atoms with Gasteiger partial charge in [0.25, 0.3) is 11.8 Å². The Morgan fingerprint density at radius 1 is 0.879 bits per heavy atom. The van der Waals surface area contributed by atoms with Gasteiger partial charge < -0.3 is 10.0 Å². The molecule has 3 amide bonds. The average molecular weight is 451 g/mol. The van der Waals surface area contributed by atoms with Gasteiger partial charge in [0.05, 0.1) is 35.5 Å². The molecule has 1 unspecified atom stereocenters. The van der Waals surface area contributed by atoms with Gasteiger partial charge in [-0.3, -0.25) is 24.1 Å². The van der Waals surface area contributed by atoms with Crippen LogP contribution in [0, 0.1) is 11.8 Å². The topological polar surface area (TPSA) is 95.0 Å². The van der Waals surface area contributed by atoms with Gasteiger partial charge in [-0.1, -0.05) is 30.5 Å². The van der Waals surface area contributed by atoms with Crippen LogP contribution in [0.25, 0.3) is 0 Å². The third-order valence-corrected chi connectivity index (χ3v) is 7.98. The van der Waals surface area contributed by atoms with Crippen molar-refractivity contribution >= 4 is 23.7 Å². The van der Waals surface area contributed by atoms with E-state index in [0.717, 1.165) is 44.9 Å². The van der Waals surface area contributed by atoms with Crippen LogP contribution in [0.1, 0.15) is 78.5 Å². The van der Waals surface area contributed by atoms with Gasteiger partial charge in [-0.2, -0.15) is 0 Å². The van der Waals surface area contributed by atoms with E-state index in [-0.39, 0.29) is 30.3 Å². The Kier molecular flexibility index (Phi) is 5.81. The molecule has 33 heavy (non-hydrogen) atoms. The Hall–Kier alpha value is -2.96. The molecule has 2 aliphatic heterocycles. The number of carboxylic acid groups (broad SMARTS) is 1. The molecule has 7 heteroatoms. The molecule has 0 bridgehead atoms. The molecule has 1 aromatic rings. The fourth-order valence-electron chi connectivity index (χ4n) is 6.26. The molecule has 1 saturated carbocycles. The van der Waals surface area contributed by atoms with Crippen molar-refractivity contribution < 1.29 is 24.3 Å². The minimum Gasteiger partial charge on any atom is -0.481 e. The first-order valence-electron chi connectivity index (χ1n) is 12.2. The molecular weight excluding hydrogens is 420 g/mol. The first kappa shape index (κ1) is 21.9. The van der Waals surface area contributed by atoms with Crippen LogP contribution in [-0.4, -0.2) is 57.7 Å². The molecule has 0 aromatic heterocycles. The largest absolute Gasteiger partial charge is 0.481 e. The lowest BCUT2D eigenvalue weighted by molar-refractivity contribution is -0.153. The van der Waals surface area contributed by atoms with E-state index in [1.807, 2.05) is 0 Å². The Labute approximate surface area is 193 Å². The number of carbonyl (C=O) groups is 4. The van der Waals surface area contributed by atoms with Gasteiger partial charge in [0.15, 0.2) is 0 Å². The number of aliphatic carboxylic acids is 1. The fourth-order valence-corrected chi connectivity index (χ4v) is 6.26. The van der Waals surface area contributed by atoms with Crippen molar-refractivity contribution in [2.45, 2.75) is 63.8 Å². The summed E-state index contributed by atoms with van der Waals surface area (Å²) in [4.78, 5) is 54.9. The zero-order valence-corrected chi connectivity index (χ0v) is 18.8. The Morgan fingerprint density at radius 3 is 2.18 bits per heavy atom. The normalized spacial score (nSPS) is 27.5. The summed E-state index contributed by atoms with van der Waals surface area (Å²) in [5.41, 5.74) is 3.35. The number of benzene rings is 1. The predicted molar refractivity (Wildman–Crippen MR) is 121 cm³/mol. The van der Waals surface area contributed by atoms with Crippen LogP contribution in [0.5, 0.6) is 0 Å². The molecule has 2 heterocycles. The maximum absolute atomic E-state index is 13.8. The monoisotopic (exact) mass is 450 g/mol. The van der Waals surface area contributed by atoms with Crippen molar-refractivity contribution in [3.8, 4) is 0 Å². The molecular formula is C26H30N2O5. The van der Waals surface area contributed by atoms with Gasteiger partial charge in [-0.15, -0.1) is 0 Å². The van der Waals surface area contributed by atoms with E-state index in [9.17, 15) is 24.3 Å². The van der Waals surface area contributed by atoms with Crippen LogP contribution in [-0.2, 0) is 9.59 Å². The summed E-state index contributed by atoms with van der Waals surface area (Å²) in [6.45, 7) is 0.662. The van der Waals surface area contributed by atoms with Crippen molar-refractivity contribution in [3.63, 3.8) is 0 Å². The second-order valence-corrected chi connectivity index (χ2v) is 9.74. The van der Waals surface area contributed by atoms with Crippen molar-refractivity contribution in [2.24, 2.45) is 11.8 Å². The first-order valence-corrected chi connectivity index (χ1v) is 12.2. The third kappa shape index (κ3) is 3.77. The highest BCUT2D eigenvalue weighted by Gasteiger charge is 2.44. The highest BCUT2D eigenvalue weighted by Crippen LogP contribution is 2.39.